The lowest BCUT2D eigenvalue weighted by atomic mass is 10.4. The van der Waals surface area contributed by atoms with Gasteiger partial charge >= 0.3 is 0 Å². The molecule has 1 aromatic heterocycles. The molecular weight excluding hydrogens is 302 g/mol. The number of nitrogens with two attached hydrogens (primary N) is 1. The summed E-state index contributed by atoms with van der Waals surface area (Å²) in [5.41, 5.74) is 5.32. The molecule has 0 unspecified atom stereocenters. The first kappa shape index (κ1) is 15.3. The highest BCUT2D eigenvalue weighted by Crippen LogP contribution is 2.35. The molecule has 100 valence electrons. The third-order valence-electron chi connectivity index (χ3n) is 1.95. The van der Waals surface area contributed by atoms with E-state index in [1.807, 2.05) is 6.92 Å². The number of nitrogens with zero attached hydrogens (tertiary/aromatic N) is 1. The number of hydrogen-bond acceptors (Lipinski definition) is 5. The second-order valence-corrected chi connectivity index (χ2v) is 5.29. The molecule has 0 aliphatic carbocycles. The minimum Gasteiger partial charge on any atom is -0.464 e. The number of carbonyl (C=O) groups excluding carboxylic acids is 1. The third-order valence-corrected chi connectivity index (χ3v) is 3.58. The van der Waals surface area contributed by atoms with Gasteiger partial charge in [0.1, 0.15) is 10.0 Å². The Hall–Kier alpha value is -0.720. The number of hydrogen-bond donors (Lipinski definition) is 1. The summed E-state index contributed by atoms with van der Waals surface area (Å²) in [5, 5.41) is -0.680. The Morgan fingerprint density at radius 2 is 2.17 bits per heavy atom. The Morgan fingerprint density at radius 1 is 1.56 bits per heavy atom. The lowest BCUT2D eigenvalue weighted by Crippen LogP contribution is -2.22. The van der Waals surface area contributed by atoms with Crippen LogP contribution in [0.1, 0.15) is 13.8 Å². The molecule has 0 amide bonds. The molecule has 8 heteroatoms. The first-order valence-corrected chi connectivity index (χ1v) is 6.75. The van der Waals surface area contributed by atoms with Gasteiger partial charge in [0.05, 0.1) is 5.69 Å². The molecule has 2 N–H and O–H groups in total. The van der Waals surface area contributed by atoms with Crippen LogP contribution in [0.25, 0.3) is 0 Å². The monoisotopic (exact) mass is 312 g/mol. The van der Waals surface area contributed by atoms with Crippen molar-refractivity contribution < 1.29 is 13.9 Å². The van der Waals surface area contributed by atoms with Gasteiger partial charge in [0, 0.05) is 0 Å². The van der Waals surface area contributed by atoms with Gasteiger partial charge in [0.15, 0.2) is 6.10 Å². The molecule has 0 bridgehead atoms. The van der Waals surface area contributed by atoms with Crippen LogP contribution in [0.2, 0.25) is 10.0 Å². The predicted molar refractivity (Wildman–Crippen MR) is 71.9 cm³/mol. The maximum atomic E-state index is 13.3. The van der Waals surface area contributed by atoms with Gasteiger partial charge in [-0.05, 0) is 12.7 Å². The maximum Gasteiger partial charge on any atom is 0.238 e. The van der Waals surface area contributed by atoms with Crippen LogP contribution in [0.15, 0.2) is 0 Å². The van der Waals surface area contributed by atoms with E-state index >= 15 is 0 Å². The van der Waals surface area contributed by atoms with Crippen LogP contribution in [0.5, 0.6) is 5.88 Å². The van der Waals surface area contributed by atoms with Gasteiger partial charge in [0.25, 0.3) is 0 Å². The lowest BCUT2D eigenvalue weighted by Gasteiger charge is -2.14. The molecule has 1 rings (SSSR count). The zero-order chi connectivity index (χ0) is 13.9. The Labute approximate surface area is 118 Å². The van der Waals surface area contributed by atoms with Crippen LogP contribution in [0, 0.1) is 5.95 Å². The van der Waals surface area contributed by atoms with Gasteiger partial charge < -0.3 is 10.5 Å². The Balaban J connectivity index is 2.95. The zero-order valence-corrected chi connectivity index (χ0v) is 12.0. The van der Waals surface area contributed by atoms with Crippen molar-refractivity contribution in [2.75, 3.05) is 11.5 Å². The number of rotatable bonds is 4. The summed E-state index contributed by atoms with van der Waals surface area (Å²) in [6.07, 6.45) is -0.806. The number of carbonyl (C=O) groups is 1. The molecule has 0 aliphatic heterocycles. The average Bonchev–Trinajstić information content (AvgIpc) is 2.33. The molecule has 0 aromatic carbocycles. The van der Waals surface area contributed by atoms with Gasteiger partial charge in [-0.1, -0.05) is 41.9 Å². The zero-order valence-electron chi connectivity index (χ0n) is 9.67. The van der Waals surface area contributed by atoms with Crippen molar-refractivity contribution >= 4 is 45.8 Å². The molecule has 0 saturated heterocycles. The number of ether oxygens (including phenoxy) is 1. The van der Waals surface area contributed by atoms with E-state index in [1.54, 1.807) is 0 Å². The van der Waals surface area contributed by atoms with E-state index in [1.165, 1.54) is 6.92 Å². The fraction of sp³-hybridized carbons (Fsp3) is 0.400. The normalized spacial score (nSPS) is 12.3. The minimum atomic E-state index is -0.989. The van der Waals surface area contributed by atoms with Gasteiger partial charge in [0.2, 0.25) is 16.9 Å². The second-order valence-electron chi connectivity index (χ2n) is 3.26. The first-order chi connectivity index (χ1) is 8.38. The van der Waals surface area contributed by atoms with E-state index in [0.29, 0.717) is 5.75 Å². The summed E-state index contributed by atoms with van der Waals surface area (Å²) in [4.78, 5) is 14.9. The van der Waals surface area contributed by atoms with Crippen LogP contribution in [-0.4, -0.2) is 22.0 Å². The SMILES string of the molecule is CCSC(=O)[C@@H](C)Oc1nc(F)c(Cl)c(N)c1Cl. The van der Waals surface area contributed by atoms with Crippen LogP contribution < -0.4 is 10.5 Å². The molecule has 18 heavy (non-hydrogen) atoms. The van der Waals surface area contributed by atoms with Crippen LogP contribution in [-0.2, 0) is 4.79 Å². The Morgan fingerprint density at radius 3 is 2.72 bits per heavy atom. The summed E-state index contributed by atoms with van der Waals surface area (Å²) in [5.74, 6) is -0.616. The fourth-order valence-electron chi connectivity index (χ4n) is 1.06. The fourth-order valence-corrected chi connectivity index (χ4v) is 2.00. The maximum absolute atomic E-state index is 13.3. The number of thioether (sulfide) groups is 1. The van der Waals surface area contributed by atoms with Crippen molar-refractivity contribution in [3.05, 3.63) is 16.0 Å². The third kappa shape index (κ3) is 3.40. The molecule has 1 heterocycles. The number of aromatic nitrogens is 1. The van der Waals surface area contributed by atoms with Crippen molar-refractivity contribution in [1.82, 2.24) is 4.98 Å². The van der Waals surface area contributed by atoms with Gasteiger partial charge in [-0.25, -0.2) is 0 Å². The van der Waals surface area contributed by atoms with E-state index in [9.17, 15) is 9.18 Å². The highest BCUT2D eigenvalue weighted by Gasteiger charge is 2.21. The van der Waals surface area contributed by atoms with Crippen molar-refractivity contribution in [3.63, 3.8) is 0 Å². The van der Waals surface area contributed by atoms with E-state index in [0.717, 1.165) is 11.8 Å². The predicted octanol–water partition coefficient (Wildman–Crippen LogP) is 3.16. The van der Waals surface area contributed by atoms with E-state index in [4.69, 9.17) is 33.7 Å². The highest BCUT2D eigenvalue weighted by atomic mass is 35.5. The number of nitrogen functional groups attached to an aromatic ring is 1. The lowest BCUT2D eigenvalue weighted by molar-refractivity contribution is -0.116. The van der Waals surface area contributed by atoms with Gasteiger partial charge in [-0.2, -0.15) is 9.37 Å². The Kier molecular flexibility index (Phi) is 5.49. The summed E-state index contributed by atoms with van der Waals surface area (Å²) < 4.78 is 18.5. The standard InChI is InChI=1S/C10H11Cl2FN2O2S/c1-3-18-10(16)4(2)17-9-6(12)7(14)5(11)8(13)15-9/h4H,3H2,1-2H3,(H2,14,15)/t4-/m1/s1. The highest BCUT2D eigenvalue weighted by molar-refractivity contribution is 8.13. The topological polar surface area (TPSA) is 65.2 Å². The molecular formula is C10H11Cl2FN2O2S. The largest absolute Gasteiger partial charge is 0.464 e. The molecule has 1 atom stereocenters. The Bertz CT molecular complexity index is 474. The van der Waals surface area contributed by atoms with E-state index in [-0.39, 0.29) is 26.7 Å². The van der Waals surface area contributed by atoms with Crippen LogP contribution in [0.3, 0.4) is 0 Å². The molecule has 0 aliphatic rings. The van der Waals surface area contributed by atoms with Crippen molar-refractivity contribution in [2.24, 2.45) is 0 Å². The first-order valence-electron chi connectivity index (χ1n) is 5.01. The summed E-state index contributed by atoms with van der Waals surface area (Å²) >= 11 is 12.4. The van der Waals surface area contributed by atoms with E-state index < -0.39 is 12.1 Å². The summed E-state index contributed by atoms with van der Waals surface area (Å²) in [6.45, 7) is 3.35. The molecule has 1 aromatic rings. The molecule has 0 saturated carbocycles. The molecule has 0 fully saturated rings. The van der Waals surface area contributed by atoms with Crippen LogP contribution in [0.4, 0.5) is 10.1 Å². The molecule has 4 nitrogen and oxygen atoms in total. The van der Waals surface area contributed by atoms with Crippen LogP contribution >= 0.6 is 35.0 Å². The smallest absolute Gasteiger partial charge is 0.238 e. The number of halogens is 3. The molecule has 0 radical (unpaired) electrons. The van der Waals surface area contributed by atoms with Crippen molar-refractivity contribution in [3.8, 4) is 5.88 Å². The number of pyridine rings is 1. The van der Waals surface area contributed by atoms with E-state index in [2.05, 4.69) is 4.98 Å². The molecule has 0 spiro atoms. The van der Waals surface area contributed by atoms with Gasteiger partial charge in [-0.3, -0.25) is 4.79 Å². The van der Waals surface area contributed by atoms with Crippen molar-refractivity contribution in [1.29, 1.82) is 0 Å². The summed E-state index contributed by atoms with van der Waals surface area (Å²) in [7, 11) is 0. The van der Waals surface area contributed by atoms with Crippen molar-refractivity contribution in [2.45, 2.75) is 20.0 Å². The van der Waals surface area contributed by atoms with Gasteiger partial charge in [-0.15, -0.1) is 0 Å². The second kappa shape index (κ2) is 6.45. The average molecular weight is 313 g/mol. The summed E-state index contributed by atoms with van der Waals surface area (Å²) in [6, 6.07) is 0. The minimum absolute atomic E-state index is 0.109. The number of anilines is 1. The quantitative estimate of drug-likeness (QED) is 0.865.